The van der Waals surface area contributed by atoms with E-state index >= 15 is 0 Å². The molecular formula is C24H27ClFN3O3. The third-order valence-electron chi connectivity index (χ3n) is 5.12. The van der Waals surface area contributed by atoms with Crippen LogP contribution < -0.4 is 10.1 Å². The van der Waals surface area contributed by atoms with Crippen molar-refractivity contribution in [2.24, 2.45) is 0 Å². The van der Waals surface area contributed by atoms with Crippen LogP contribution >= 0.6 is 11.6 Å². The fraction of sp³-hybridized carbons (Fsp3) is 0.333. The highest BCUT2D eigenvalue weighted by Crippen LogP contribution is 2.32. The van der Waals surface area contributed by atoms with Gasteiger partial charge in [-0.25, -0.2) is 4.39 Å². The van der Waals surface area contributed by atoms with Crippen molar-refractivity contribution >= 4 is 35.2 Å². The molecule has 2 amide bonds. The number of hydrogen-bond donors (Lipinski definition) is 1. The number of piperazine rings is 1. The number of anilines is 1. The van der Waals surface area contributed by atoms with Crippen LogP contribution in [0.3, 0.4) is 0 Å². The minimum absolute atomic E-state index is 0.104. The Morgan fingerprint density at radius 1 is 1.16 bits per heavy atom. The molecule has 3 rings (SSSR count). The van der Waals surface area contributed by atoms with E-state index in [0.717, 1.165) is 25.2 Å². The molecule has 0 bridgehead atoms. The molecule has 2 aromatic rings. The molecule has 170 valence electrons. The molecule has 6 nitrogen and oxygen atoms in total. The van der Waals surface area contributed by atoms with Crippen LogP contribution in [0.1, 0.15) is 25.0 Å². The van der Waals surface area contributed by atoms with Crippen molar-refractivity contribution in [2.75, 3.05) is 38.1 Å². The van der Waals surface area contributed by atoms with Gasteiger partial charge in [0.15, 0.2) is 0 Å². The molecule has 0 unspecified atom stereocenters. The Balaban J connectivity index is 1.63. The van der Waals surface area contributed by atoms with Gasteiger partial charge in [-0.1, -0.05) is 23.7 Å². The second kappa shape index (κ2) is 11.1. The largest absolute Gasteiger partial charge is 0.492 e. The lowest BCUT2D eigenvalue weighted by Gasteiger charge is -2.34. The molecule has 32 heavy (non-hydrogen) atoms. The molecule has 1 saturated heterocycles. The molecule has 0 aromatic heterocycles. The van der Waals surface area contributed by atoms with E-state index in [-0.39, 0.29) is 17.6 Å². The molecule has 8 heteroatoms. The van der Waals surface area contributed by atoms with Gasteiger partial charge in [-0.05, 0) is 42.8 Å². The number of nitrogens with zero attached hydrogens (tertiary/aromatic N) is 2. The van der Waals surface area contributed by atoms with Crippen LogP contribution in [-0.4, -0.2) is 54.4 Å². The first-order valence-corrected chi connectivity index (χ1v) is 10.9. The van der Waals surface area contributed by atoms with Crippen LogP contribution in [0.4, 0.5) is 10.1 Å². The smallest absolute Gasteiger partial charge is 0.246 e. The summed E-state index contributed by atoms with van der Waals surface area (Å²) >= 11 is 6.23. The van der Waals surface area contributed by atoms with Crippen molar-refractivity contribution in [2.45, 2.75) is 20.4 Å². The van der Waals surface area contributed by atoms with Gasteiger partial charge in [0, 0.05) is 57.0 Å². The van der Waals surface area contributed by atoms with Gasteiger partial charge in [0.2, 0.25) is 11.8 Å². The molecular weight excluding hydrogens is 433 g/mol. The fourth-order valence-corrected chi connectivity index (χ4v) is 3.73. The third kappa shape index (κ3) is 6.55. The van der Waals surface area contributed by atoms with E-state index in [9.17, 15) is 14.0 Å². The Hall–Kier alpha value is -2.90. The summed E-state index contributed by atoms with van der Waals surface area (Å²) in [4.78, 5) is 28.3. The zero-order valence-corrected chi connectivity index (χ0v) is 19.0. The van der Waals surface area contributed by atoms with E-state index in [1.165, 1.54) is 25.1 Å². The lowest BCUT2D eigenvalue weighted by atomic mass is 10.1. The zero-order valence-electron chi connectivity index (χ0n) is 18.2. The second-order valence-corrected chi connectivity index (χ2v) is 7.95. The van der Waals surface area contributed by atoms with Gasteiger partial charge in [-0.15, -0.1) is 0 Å². The summed E-state index contributed by atoms with van der Waals surface area (Å²) in [5.41, 5.74) is 2.19. The van der Waals surface area contributed by atoms with E-state index in [1.54, 1.807) is 35.2 Å². The number of hydrogen-bond acceptors (Lipinski definition) is 4. The highest BCUT2D eigenvalue weighted by molar-refractivity contribution is 6.32. The lowest BCUT2D eigenvalue weighted by molar-refractivity contribution is -0.127. The van der Waals surface area contributed by atoms with Gasteiger partial charge in [0.1, 0.15) is 11.6 Å². The van der Waals surface area contributed by atoms with Crippen LogP contribution in [0.15, 0.2) is 42.5 Å². The first kappa shape index (κ1) is 23.8. The average molecular weight is 460 g/mol. The SMILES string of the molecule is CCOc1cc(/C=C/C(=O)N2CCN(Cc3ccc(F)cc3)CC2)c(NC(C)=O)cc1Cl. The predicted octanol–water partition coefficient (Wildman–Crippen LogP) is 4.19. The quantitative estimate of drug-likeness (QED) is 0.630. The van der Waals surface area contributed by atoms with Crippen LogP contribution in [0.25, 0.3) is 6.08 Å². The van der Waals surface area contributed by atoms with Crippen molar-refractivity contribution < 1.29 is 18.7 Å². The maximum Gasteiger partial charge on any atom is 0.246 e. The molecule has 1 heterocycles. The number of halogens is 2. The second-order valence-electron chi connectivity index (χ2n) is 7.55. The summed E-state index contributed by atoms with van der Waals surface area (Å²) < 4.78 is 18.6. The Labute approximate surface area is 192 Å². The number of ether oxygens (including phenoxy) is 1. The number of amides is 2. The Kier molecular flexibility index (Phi) is 8.25. The zero-order chi connectivity index (χ0) is 23.1. The summed E-state index contributed by atoms with van der Waals surface area (Å²) in [6.07, 6.45) is 3.16. The number of carbonyl (C=O) groups is 2. The standard InChI is InChI=1S/C24H27ClFN3O3/c1-3-32-23-14-19(22(15-21(23)25)27-17(2)30)6-9-24(31)29-12-10-28(11-13-29)16-18-4-7-20(26)8-5-18/h4-9,14-15H,3,10-13,16H2,1-2H3,(H,27,30)/b9-6+. The van der Waals surface area contributed by atoms with E-state index in [2.05, 4.69) is 10.2 Å². The van der Waals surface area contributed by atoms with Crippen LogP contribution in [-0.2, 0) is 16.1 Å². The van der Waals surface area contributed by atoms with Crippen molar-refractivity contribution in [3.63, 3.8) is 0 Å². The van der Waals surface area contributed by atoms with Crippen LogP contribution in [0, 0.1) is 5.82 Å². The number of benzene rings is 2. The normalized spacial score (nSPS) is 14.6. The molecule has 0 aliphatic carbocycles. The topological polar surface area (TPSA) is 61.9 Å². The Morgan fingerprint density at radius 3 is 2.47 bits per heavy atom. The van der Waals surface area contributed by atoms with Gasteiger partial charge in [0.05, 0.1) is 11.6 Å². The number of nitrogens with one attached hydrogen (secondary N) is 1. The molecule has 1 aliphatic heterocycles. The molecule has 2 aromatic carbocycles. The minimum Gasteiger partial charge on any atom is -0.492 e. The van der Waals surface area contributed by atoms with Crippen LogP contribution in [0.5, 0.6) is 5.75 Å². The molecule has 1 N–H and O–H groups in total. The third-order valence-corrected chi connectivity index (χ3v) is 5.42. The predicted molar refractivity (Wildman–Crippen MR) is 124 cm³/mol. The number of rotatable bonds is 7. The summed E-state index contributed by atoms with van der Waals surface area (Å²) in [5.74, 6) is -0.0898. The van der Waals surface area contributed by atoms with Gasteiger partial charge < -0.3 is 15.0 Å². The Morgan fingerprint density at radius 2 is 1.84 bits per heavy atom. The molecule has 0 saturated carbocycles. The van der Waals surface area contributed by atoms with Crippen molar-refractivity contribution in [1.82, 2.24) is 9.80 Å². The van der Waals surface area contributed by atoms with E-state index in [4.69, 9.17) is 16.3 Å². The highest BCUT2D eigenvalue weighted by atomic mass is 35.5. The summed E-state index contributed by atoms with van der Waals surface area (Å²) in [6, 6.07) is 9.81. The summed E-state index contributed by atoms with van der Waals surface area (Å²) in [7, 11) is 0. The van der Waals surface area contributed by atoms with Crippen LogP contribution in [0.2, 0.25) is 5.02 Å². The molecule has 0 radical (unpaired) electrons. The summed E-state index contributed by atoms with van der Waals surface area (Å²) in [6.45, 7) is 7.13. The first-order chi connectivity index (χ1) is 15.4. The van der Waals surface area contributed by atoms with Gasteiger partial charge >= 0.3 is 0 Å². The van der Waals surface area contributed by atoms with Gasteiger partial charge in [-0.3, -0.25) is 14.5 Å². The lowest BCUT2D eigenvalue weighted by Crippen LogP contribution is -2.47. The Bertz CT molecular complexity index is 987. The van der Waals surface area contributed by atoms with Crippen molar-refractivity contribution in [1.29, 1.82) is 0 Å². The van der Waals surface area contributed by atoms with Crippen molar-refractivity contribution in [3.05, 3.63) is 64.4 Å². The van der Waals surface area contributed by atoms with E-state index in [0.29, 0.717) is 41.7 Å². The van der Waals surface area contributed by atoms with Gasteiger partial charge in [0.25, 0.3) is 0 Å². The van der Waals surface area contributed by atoms with Crippen molar-refractivity contribution in [3.8, 4) is 5.75 Å². The number of carbonyl (C=O) groups excluding carboxylic acids is 2. The maximum atomic E-state index is 13.1. The highest BCUT2D eigenvalue weighted by Gasteiger charge is 2.20. The fourth-order valence-electron chi connectivity index (χ4n) is 3.51. The monoisotopic (exact) mass is 459 g/mol. The molecule has 0 atom stereocenters. The first-order valence-electron chi connectivity index (χ1n) is 10.5. The van der Waals surface area contributed by atoms with E-state index < -0.39 is 0 Å². The minimum atomic E-state index is -0.244. The maximum absolute atomic E-state index is 13.1. The average Bonchev–Trinajstić information content (AvgIpc) is 2.76. The molecule has 1 fully saturated rings. The van der Waals surface area contributed by atoms with Gasteiger partial charge in [-0.2, -0.15) is 0 Å². The molecule has 0 spiro atoms. The molecule has 1 aliphatic rings. The van der Waals surface area contributed by atoms with E-state index in [1.807, 2.05) is 6.92 Å². The summed E-state index contributed by atoms with van der Waals surface area (Å²) in [5, 5.41) is 3.12.